The van der Waals surface area contributed by atoms with Gasteiger partial charge in [-0.1, -0.05) is 11.8 Å². The van der Waals surface area contributed by atoms with Crippen molar-refractivity contribution in [2.45, 2.75) is 24.0 Å². The summed E-state index contributed by atoms with van der Waals surface area (Å²) in [6, 6.07) is -0.685. The summed E-state index contributed by atoms with van der Waals surface area (Å²) in [6.45, 7) is 0.647. The lowest BCUT2D eigenvalue weighted by Gasteiger charge is -2.39. The van der Waals surface area contributed by atoms with Crippen molar-refractivity contribution in [2.24, 2.45) is 0 Å². The fraction of sp³-hybridized carbons (Fsp3) is 0.625. The zero-order valence-electron chi connectivity index (χ0n) is 15.6. The Bertz CT molecular complexity index is 828. The van der Waals surface area contributed by atoms with Gasteiger partial charge in [-0.15, -0.1) is 0 Å². The molecule has 3 unspecified atom stereocenters. The van der Waals surface area contributed by atoms with E-state index in [1.54, 1.807) is 0 Å². The van der Waals surface area contributed by atoms with Crippen LogP contribution in [0.15, 0.2) is 11.8 Å². The molecule has 0 aromatic carbocycles. The molecule has 2 bridgehead atoms. The van der Waals surface area contributed by atoms with Crippen LogP contribution in [0, 0.1) is 11.8 Å². The molecule has 0 radical (unpaired) electrons. The summed E-state index contributed by atoms with van der Waals surface area (Å²) in [4.78, 5) is 34.4. The second-order valence-electron chi connectivity index (χ2n) is 7.02. The Morgan fingerprint density at radius 1 is 1.50 bits per heavy atom. The van der Waals surface area contributed by atoms with Crippen molar-refractivity contribution in [2.75, 3.05) is 40.6 Å². The van der Waals surface area contributed by atoms with Gasteiger partial charge < -0.3 is 24.2 Å². The van der Waals surface area contributed by atoms with Crippen LogP contribution in [0.3, 0.4) is 0 Å². The lowest BCUT2D eigenvalue weighted by molar-refractivity contribution is -0.840. The number of urea groups is 1. The Morgan fingerprint density at radius 2 is 2.21 bits per heavy atom. The van der Waals surface area contributed by atoms with E-state index in [9.17, 15) is 19.0 Å². The predicted octanol–water partition coefficient (Wildman–Crippen LogP) is -1.10. The van der Waals surface area contributed by atoms with Gasteiger partial charge in [0.05, 0.1) is 20.3 Å². The summed E-state index contributed by atoms with van der Waals surface area (Å²) in [7, 11) is -0.978. The molecule has 154 valence electrons. The van der Waals surface area contributed by atoms with E-state index in [2.05, 4.69) is 17.2 Å². The third-order valence-corrected chi connectivity index (χ3v) is 5.42. The monoisotopic (exact) mass is 417 g/mol. The first kappa shape index (κ1) is 21.1. The third-order valence-electron chi connectivity index (χ3n) is 4.80. The Balaban J connectivity index is 2.01. The molecule has 11 nitrogen and oxygen atoms in total. The van der Waals surface area contributed by atoms with Gasteiger partial charge in [0.25, 0.3) is 5.91 Å². The number of fused-ring (bicyclic) bond motifs is 2. The van der Waals surface area contributed by atoms with E-state index in [-0.39, 0.29) is 18.8 Å². The van der Waals surface area contributed by atoms with E-state index in [0.717, 1.165) is 6.66 Å². The summed E-state index contributed by atoms with van der Waals surface area (Å²) in [5.41, 5.74) is -1.21. The number of amides is 3. The summed E-state index contributed by atoms with van der Waals surface area (Å²) in [5, 5.41) is 11.1. The molecule has 3 N–H and O–H groups in total. The summed E-state index contributed by atoms with van der Waals surface area (Å²) < 4.78 is 33.7. The fourth-order valence-corrected chi connectivity index (χ4v) is 4.35. The smallest absolute Gasteiger partial charge is 0.384 e. The van der Waals surface area contributed by atoms with E-state index < -0.39 is 54.7 Å². The maximum atomic E-state index is 12.6. The van der Waals surface area contributed by atoms with Gasteiger partial charge >= 0.3 is 13.6 Å². The first-order valence-electron chi connectivity index (χ1n) is 8.38. The lowest BCUT2D eigenvalue weighted by Crippen LogP contribution is -2.65. The van der Waals surface area contributed by atoms with Gasteiger partial charge in [-0.05, 0) is 0 Å². The Kier molecular flexibility index (Phi) is 5.53. The number of hydrogen-bond acceptors (Lipinski definition) is 8. The normalized spacial score (nSPS) is 39.0. The number of carbonyl (C=O) groups is 2. The van der Waals surface area contributed by atoms with Gasteiger partial charge in [-0.2, -0.15) is 4.48 Å². The number of aliphatic hydroxyl groups is 1. The molecule has 3 aliphatic rings. The highest BCUT2D eigenvalue weighted by Crippen LogP contribution is 2.51. The van der Waals surface area contributed by atoms with E-state index >= 15 is 0 Å². The lowest BCUT2D eigenvalue weighted by atomic mass is 10.00. The Hall–Kier alpha value is -1.61. The second-order valence-corrected chi connectivity index (χ2v) is 8.84. The number of nitrogens with one attached hydrogen (secondary N) is 1. The summed E-state index contributed by atoms with van der Waals surface area (Å²) >= 11 is 0. The number of methoxy groups -OCH3 is 1. The minimum absolute atomic E-state index is 0.00606. The van der Waals surface area contributed by atoms with Crippen LogP contribution in [0.25, 0.3) is 0 Å². The molecule has 3 rings (SSSR count). The predicted molar refractivity (Wildman–Crippen MR) is 92.5 cm³/mol. The minimum atomic E-state index is -3.90. The average molecular weight is 417 g/mol. The number of nitrogens with zero attached hydrogens (tertiary/aromatic N) is 1. The van der Waals surface area contributed by atoms with Crippen molar-refractivity contribution >= 4 is 19.5 Å². The number of quaternary nitrogens is 1. The van der Waals surface area contributed by atoms with E-state index in [1.807, 2.05) is 0 Å². The number of likely N-dealkylation sites (N-methyl/N-ethyl adjacent to an activating group) is 1. The third kappa shape index (κ3) is 3.54. The average Bonchev–Trinajstić information content (AvgIpc) is 3.07. The van der Waals surface area contributed by atoms with Crippen LogP contribution in [0.4, 0.5) is 4.79 Å². The zero-order valence-corrected chi connectivity index (χ0v) is 16.5. The molecule has 0 aromatic heterocycles. The number of carbonyl (C=O) groups excluding carboxylic acids is 2. The van der Waals surface area contributed by atoms with Crippen molar-refractivity contribution in [3.8, 4) is 11.8 Å². The molecule has 0 aliphatic carbocycles. The second kappa shape index (κ2) is 7.33. The van der Waals surface area contributed by atoms with Crippen LogP contribution in [0.2, 0.25) is 0 Å². The van der Waals surface area contributed by atoms with E-state index in [4.69, 9.17) is 23.8 Å². The van der Waals surface area contributed by atoms with Gasteiger partial charge in [0, 0.05) is 13.8 Å². The molecule has 2 fully saturated rings. The van der Waals surface area contributed by atoms with Crippen LogP contribution in [0.5, 0.6) is 0 Å². The highest BCUT2D eigenvalue weighted by Gasteiger charge is 2.70. The number of rotatable bonds is 5. The standard InChI is InChI=1S/C16H21N2O9P/c1-18(7-10(5-4-6-19)13(20)17-15(18)21)14-11-12(27-28(3,22)23)16(26-14,8-24-2)9-25-11/h7,11-12,14,19H,6,8-9H2,1-3H3,(H-,17,20,21,22,23)/p+1/t11-,12?,14+,16-,18?/m0/s1. The molecule has 28 heavy (non-hydrogen) atoms. The highest BCUT2D eigenvalue weighted by atomic mass is 31.2. The van der Waals surface area contributed by atoms with Gasteiger partial charge in [0.15, 0.2) is 11.7 Å². The zero-order chi connectivity index (χ0) is 20.7. The quantitative estimate of drug-likeness (QED) is 0.289. The van der Waals surface area contributed by atoms with Crippen LogP contribution in [-0.2, 0) is 28.1 Å². The Morgan fingerprint density at radius 3 is 2.82 bits per heavy atom. The number of ether oxygens (including phenoxy) is 3. The molecule has 0 saturated carbocycles. The van der Waals surface area contributed by atoms with Crippen molar-refractivity contribution in [1.82, 2.24) is 5.32 Å². The van der Waals surface area contributed by atoms with Gasteiger partial charge in [-0.25, -0.2) is 10.1 Å². The number of aliphatic hydroxyl groups excluding tert-OH is 1. The first-order chi connectivity index (χ1) is 13.1. The van der Waals surface area contributed by atoms with Crippen LogP contribution < -0.4 is 5.32 Å². The Labute approximate surface area is 161 Å². The van der Waals surface area contributed by atoms with Crippen LogP contribution in [-0.4, -0.2) is 91.1 Å². The maximum Gasteiger partial charge on any atom is 0.430 e. The molecule has 3 aliphatic heterocycles. The largest absolute Gasteiger partial charge is 0.430 e. The molecule has 0 aromatic rings. The van der Waals surface area contributed by atoms with Crippen molar-refractivity contribution in [3.05, 3.63) is 11.8 Å². The molecule has 2 saturated heterocycles. The summed E-state index contributed by atoms with van der Waals surface area (Å²) in [5.74, 6) is 4.16. The van der Waals surface area contributed by atoms with Crippen LogP contribution in [0.1, 0.15) is 0 Å². The molecule has 3 heterocycles. The SMILES string of the molecule is COC[C@]12CO[C@@H](C1OP(C)(=O)O)[C@H]([N+]1(C)C=C(C#CCO)C(=O)NC1=O)O2. The molecule has 0 spiro atoms. The molecule has 12 heteroatoms. The van der Waals surface area contributed by atoms with E-state index in [0.29, 0.717) is 0 Å². The summed E-state index contributed by atoms with van der Waals surface area (Å²) in [6.07, 6.45) is -1.51. The number of hydrogen-bond donors (Lipinski definition) is 3. The number of imide groups is 1. The topological polar surface area (TPSA) is 141 Å². The fourth-order valence-electron chi connectivity index (χ4n) is 3.61. The van der Waals surface area contributed by atoms with Gasteiger partial charge in [0.2, 0.25) is 6.23 Å². The molecular formula is C16H22N2O9P+. The molecular weight excluding hydrogens is 395 g/mol. The van der Waals surface area contributed by atoms with Crippen LogP contribution >= 0.6 is 7.60 Å². The first-order valence-corrected chi connectivity index (χ1v) is 10.4. The van der Waals surface area contributed by atoms with Crippen molar-refractivity contribution < 1.29 is 47.4 Å². The molecule has 6 atom stereocenters. The van der Waals surface area contributed by atoms with Crippen molar-refractivity contribution in [1.29, 1.82) is 0 Å². The maximum absolute atomic E-state index is 12.6. The van der Waals surface area contributed by atoms with E-state index in [1.165, 1.54) is 20.4 Å². The molecule has 3 amide bonds. The highest BCUT2D eigenvalue weighted by molar-refractivity contribution is 7.51. The van der Waals surface area contributed by atoms with Crippen molar-refractivity contribution in [3.63, 3.8) is 0 Å². The van der Waals surface area contributed by atoms with Gasteiger partial charge in [0.1, 0.15) is 24.5 Å². The minimum Gasteiger partial charge on any atom is -0.384 e. The van der Waals surface area contributed by atoms with Gasteiger partial charge in [-0.3, -0.25) is 13.9 Å².